The molecule has 0 radical (unpaired) electrons. The number of aromatic nitrogens is 1. The van der Waals surface area contributed by atoms with Crippen molar-refractivity contribution in [1.82, 2.24) is 10.5 Å². The van der Waals surface area contributed by atoms with Crippen LogP contribution in [0.15, 0.2) is 22.7 Å². The number of nitrogens with zero attached hydrogens (tertiary/aromatic N) is 1. The molecular weight excluding hydrogens is 259 g/mol. The number of benzene rings is 1. The minimum absolute atomic E-state index is 0.0645. The van der Waals surface area contributed by atoms with E-state index in [1.807, 2.05) is 0 Å². The SMILES string of the molecule is CNC(=O)c1c(-c2c(F)cccc2Cl)noc1C. The normalized spacial score (nSPS) is 10.4. The summed E-state index contributed by atoms with van der Waals surface area (Å²) in [6.45, 7) is 1.58. The number of amides is 1. The predicted molar refractivity (Wildman–Crippen MR) is 65.0 cm³/mol. The molecule has 0 spiro atoms. The molecule has 1 heterocycles. The predicted octanol–water partition coefficient (Wildman–Crippen LogP) is 2.80. The van der Waals surface area contributed by atoms with Crippen molar-refractivity contribution >= 4 is 17.5 Å². The van der Waals surface area contributed by atoms with Gasteiger partial charge in [-0.15, -0.1) is 0 Å². The van der Waals surface area contributed by atoms with Gasteiger partial charge >= 0.3 is 0 Å². The number of carbonyl (C=O) groups excluding carboxylic acids is 1. The van der Waals surface area contributed by atoms with Gasteiger partial charge in [0.2, 0.25) is 0 Å². The van der Waals surface area contributed by atoms with Gasteiger partial charge in [-0.1, -0.05) is 22.8 Å². The Morgan fingerprint density at radius 3 is 2.83 bits per heavy atom. The van der Waals surface area contributed by atoms with E-state index in [0.717, 1.165) is 0 Å². The Balaban J connectivity index is 2.69. The summed E-state index contributed by atoms with van der Waals surface area (Å²) in [6.07, 6.45) is 0. The van der Waals surface area contributed by atoms with E-state index in [2.05, 4.69) is 10.5 Å². The second-order valence-corrected chi connectivity index (χ2v) is 4.05. The molecule has 2 rings (SSSR count). The highest BCUT2D eigenvalue weighted by atomic mass is 35.5. The topological polar surface area (TPSA) is 55.1 Å². The lowest BCUT2D eigenvalue weighted by Gasteiger charge is -2.04. The van der Waals surface area contributed by atoms with Gasteiger partial charge in [0, 0.05) is 7.05 Å². The van der Waals surface area contributed by atoms with Crippen LogP contribution in [0.1, 0.15) is 16.1 Å². The highest BCUT2D eigenvalue weighted by molar-refractivity contribution is 6.33. The quantitative estimate of drug-likeness (QED) is 0.911. The summed E-state index contributed by atoms with van der Waals surface area (Å²) in [5.41, 5.74) is 0.356. The minimum Gasteiger partial charge on any atom is -0.360 e. The second kappa shape index (κ2) is 4.78. The van der Waals surface area contributed by atoms with E-state index in [4.69, 9.17) is 16.1 Å². The average Bonchev–Trinajstić information content (AvgIpc) is 2.70. The highest BCUT2D eigenvalue weighted by Crippen LogP contribution is 2.33. The third-order valence-corrected chi connectivity index (χ3v) is 2.83. The Hall–Kier alpha value is -1.88. The fourth-order valence-corrected chi connectivity index (χ4v) is 1.91. The first-order valence-corrected chi connectivity index (χ1v) is 5.56. The molecule has 1 N–H and O–H groups in total. The molecule has 4 nitrogen and oxygen atoms in total. The van der Waals surface area contributed by atoms with Gasteiger partial charge in [-0.25, -0.2) is 4.39 Å². The van der Waals surface area contributed by atoms with Crippen LogP contribution >= 0.6 is 11.6 Å². The summed E-state index contributed by atoms with van der Waals surface area (Å²) >= 11 is 5.94. The molecule has 18 heavy (non-hydrogen) atoms. The molecule has 0 atom stereocenters. The number of nitrogens with one attached hydrogen (secondary N) is 1. The fraction of sp³-hybridized carbons (Fsp3) is 0.167. The third-order valence-electron chi connectivity index (χ3n) is 2.52. The fourth-order valence-electron chi connectivity index (χ4n) is 1.66. The van der Waals surface area contributed by atoms with E-state index in [9.17, 15) is 9.18 Å². The summed E-state index contributed by atoms with van der Waals surface area (Å²) in [6, 6.07) is 4.25. The Labute approximate surface area is 108 Å². The molecule has 0 aliphatic heterocycles. The van der Waals surface area contributed by atoms with Crippen LogP contribution in [0.3, 0.4) is 0 Å². The van der Waals surface area contributed by atoms with Gasteiger partial charge in [0.15, 0.2) is 0 Å². The molecule has 94 valence electrons. The number of halogens is 2. The minimum atomic E-state index is -0.555. The van der Waals surface area contributed by atoms with E-state index < -0.39 is 11.7 Å². The summed E-state index contributed by atoms with van der Waals surface area (Å²) in [7, 11) is 1.47. The molecule has 1 amide bonds. The van der Waals surface area contributed by atoms with Crippen molar-refractivity contribution in [3.8, 4) is 11.3 Å². The Morgan fingerprint density at radius 1 is 1.50 bits per heavy atom. The third kappa shape index (κ3) is 1.97. The number of hydrogen-bond donors (Lipinski definition) is 1. The molecule has 2 aromatic rings. The summed E-state index contributed by atoms with van der Waals surface area (Å²) < 4.78 is 18.7. The molecule has 0 aliphatic carbocycles. The van der Waals surface area contributed by atoms with Gasteiger partial charge in [-0.2, -0.15) is 0 Å². The lowest BCUT2D eigenvalue weighted by Crippen LogP contribution is -2.19. The van der Waals surface area contributed by atoms with Crippen LogP contribution in [0, 0.1) is 12.7 Å². The first kappa shape index (κ1) is 12.6. The van der Waals surface area contributed by atoms with Crippen molar-refractivity contribution in [2.24, 2.45) is 0 Å². The molecule has 0 unspecified atom stereocenters. The van der Waals surface area contributed by atoms with E-state index >= 15 is 0 Å². The lowest BCUT2D eigenvalue weighted by molar-refractivity contribution is 0.0962. The van der Waals surface area contributed by atoms with Crippen LogP contribution in [0.25, 0.3) is 11.3 Å². The van der Waals surface area contributed by atoms with Gasteiger partial charge in [-0.05, 0) is 19.1 Å². The maximum atomic E-state index is 13.8. The van der Waals surface area contributed by atoms with E-state index in [-0.39, 0.29) is 21.8 Å². The zero-order valence-corrected chi connectivity index (χ0v) is 10.5. The Bertz CT molecular complexity index is 590. The van der Waals surface area contributed by atoms with Gasteiger partial charge in [0.25, 0.3) is 5.91 Å². The first-order chi connectivity index (χ1) is 8.56. The monoisotopic (exact) mass is 268 g/mol. The van der Waals surface area contributed by atoms with Crippen molar-refractivity contribution in [2.75, 3.05) is 7.05 Å². The zero-order chi connectivity index (χ0) is 13.3. The highest BCUT2D eigenvalue weighted by Gasteiger charge is 2.24. The summed E-state index contributed by atoms with van der Waals surface area (Å²) in [5, 5.41) is 6.34. The van der Waals surface area contributed by atoms with E-state index in [1.165, 1.54) is 25.2 Å². The standard InChI is InChI=1S/C12H10ClFN2O2/c1-6-9(12(17)15-2)11(16-18-6)10-7(13)4-3-5-8(10)14/h3-5H,1-2H3,(H,15,17). The van der Waals surface area contributed by atoms with Gasteiger partial charge in [-0.3, -0.25) is 4.79 Å². The van der Waals surface area contributed by atoms with Crippen molar-refractivity contribution in [1.29, 1.82) is 0 Å². The van der Waals surface area contributed by atoms with Crippen LogP contribution in [-0.4, -0.2) is 18.1 Å². The van der Waals surface area contributed by atoms with Crippen molar-refractivity contribution in [3.05, 3.63) is 40.4 Å². The Morgan fingerprint density at radius 2 is 2.22 bits per heavy atom. The lowest BCUT2D eigenvalue weighted by atomic mass is 10.1. The number of carbonyl (C=O) groups is 1. The van der Waals surface area contributed by atoms with Crippen LogP contribution in [-0.2, 0) is 0 Å². The molecule has 6 heteroatoms. The maximum Gasteiger partial charge on any atom is 0.256 e. The second-order valence-electron chi connectivity index (χ2n) is 3.64. The maximum absolute atomic E-state index is 13.8. The van der Waals surface area contributed by atoms with Gasteiger partial charge < -0.3 is 9.84 Å². The summed E-state index contributed by atoms with van der Waals surface area (Å²) in [5.74, 6) is -0.646. The largest absolute Gasteiger partial charge is 0.360 e. The van der Waals surface area contributed by atoms with Gasteiger partial charge in [0.05, 0.1) is 10.6 Å². The van der Waals surface area contributed by atoms with Crippen LogP contribution in [0.5, 0.6) is 0 Å². The zero-order valence-electron chi connectivity index (χ0n) is 9.75. The van der Waals surface area contributed by atoms with Crippen LogP contribution in [0.4, 0.5) is 4.39 Å². The molecule has 1 aromatic carbocycles. The first-order valence-electron chi connectivity index (χ1n) is 5.19. The number of rotatable bonds is 2. The molecule has 0 saturated carbocycles. The molecule has 0 bridgehead atoms. The van der Waals surface area contributed by atoms with Crippen molar-refractivity contribution in [3.63, 3.8) is 0 Å². The molecule has 0 saturated heterocycles. The molecule has 0 fully saturated rings. The number of aryl methyl sites for hydroxylation is 1. The van der Waals surface area contributed by atoms with E-state index in [1.54, 1.807) is 6.92 Å². The summed E-state index contributed by atoms with van der Waals surface area (Å²) in [4.78, 5) is 11.7. The van der Waals surface area contributed by atoms with Gasteiger partial charge in [0.1, 0.15) is 22.8 Å². The Kier molecular flexibility index (Phi) is 3.34. The van der Waals surface area contributed by atoms with Crippen molar-refractivity contribution in [2.45, 2.75) is 6.92 Å². The number of hydrogen-bond acceptors (Lipinski definition) is 3. The molecular formula is C12H10ClFN2O2. The molecule has 0 aliphatic rings. The molecule has 1 aromatic heterocycles. The van der Waals surface area contributed by atoms with Crippen LogP contribution in [0.2, 0.25) is 5.02 Å². The van der Waals surface area contributed by atoms with Crippen LogP contribution < -0.4 is 5.32 Å². The van der Waals surface area contributed by atoms with Crippen molar-refractivity contribution < 1.29 is 13.7 Å². The average molecular weight is 269 g/mol. The smallest absolute Gasteiger partial charge is 0.256 e. The van der Waals surface area contributed by atoms with E-state index in [0.29, 0.717) is 5.76 Å².